The van der Waals surface area contributed by atoms with Crippen molar-refractivity contribution >= 4 is 0 Å². The van der Waals surface area contributed by atoms with Crippen molar-refractivity contribution in [1.29, 1.82) is 0 Å². The topological polar surface area (TPSA) is 29.5 Å². The summed E-state index contributed by atoms with van der Waals surface area (Å²) in [6.07, 6.45) is 3.06. The second-order valence-corrected chi connectivity index (χ2v) is 3.63. The molecule has 102 valence electrons. The van der Waals surface area contributed by atoms with Gasteiger partial charge in [0.15, 0.2) is 0 Å². The van der Waals surface area contributed by atoms with Gasteiger partial charge in [0, 0.05) is 0 Å². The van der Waals surface area contributed by atoms with Gasteiger partial charge in [-0.25, -0.2) is 0 Å². The van der Waals surface area contributed by atoms with Crippen LogP contribution in [-0.4, -0.2) is 18.3 Å². The Morgan fingerprint density at radius 3 is 2.43 bits per heavy atom. The van der Waals surface area contributed by atoms with E-state index in [0.717, 1.165) is 5.56 Å². The molecule has 2 heteroatoms. The Bertz CT molecular complexity index is 684. The summed E-state index contributed by atoms with van der Waals surface area (Å²) in [5.74, 6) is 20.9. The lowest BCUT2D eigenvalue weighted by atomic mass is 10.2. The van der Waals surface area contributed by atoms with Gasteiger partial charge in [-0.1, -0.05) is 48.2 Å². The van der Waals surface area contributed by atoms with Crippen molar-refractivity contribution in [3.8, 4) is 47.4 Å². The molecule has 1 N–H and O–H groups in total. The van der Waals surface area contributed by atoms with Crippen LogP contribution < -0.4 is 0 Å². The fourth-order valence-corrected chi connectivity index (χ4v) is 1.19. The number of hydrogen-bond acceptors (Lipinski definition) is 2. The molecule has 21 heavy (non-hydrogen) atoms. The third-order valence-electron chi connectivity index (χ3n) is 2.07. The molecule has 0 aromatic heterocycles. The lowest BCUT2D eigenvalue weighted by molar-refractivity contribution is 0.153. The number of hydrogen-bond donors (Lipinski definition) is 1. The maximum Gasteiger partial charge on any atom is 0.109 e. The first-order valence-corrected chi connectivity index (χ1v) is 6.29. The van der Waals surface area contributed by atoms with E-state index in [9.17, 15) is 0 Å². The minimum Gasteiger partial charge on any atom is -0.392 e. The Hall–Kier alpha value is -2.88. The molecule has 0 atom stereocenters. The summed E-state index contributed by atoms with van der Waals surface area (Å²) in [5.41, 5.74) is 1.12. The van der Waals surface area contributed by atoms with Gasteiger partial charge in [0.2, 0.25) is 0 Å². The summed E-state index contributed by atoms with van der Waals surface area (Å²) in [6, 6.07) is 9.90. The lowest BCUT2D eigenvalue weighted by Crippen LogP contribution is -1.92. The molecule has 0 amide bonds. The van der Waals surface area contributed by atoms with E-state index in [1.807, 2.05) is 30.3 Å². The molecule has 0 bridgehead atoms. The Morgan fingerprint density at radius 2 is 1.67 bits per heavy atom. The summed E-state index contributed by atoms with van der Waals surface area (Å²) >= 11 is 0. The van der Waals surface area contributed by atoms with E-state index >= 15 is 0 Å². The van der Waals surface area contributed by atoms with Crippen molar-refractivity contribution in [3.05, 3.63) is 48.0 Å². The summed E-state index contributed by atoms with van der Waals surface area (Å²) in [6.45, 7) is 0.853. The molecular formula is C19H14O2. The number of benzene rings is 1. The van der Waals surface area contributed by atoms with Gasteiger partial charge in [-0.05, 0) is 47.2 Å². The molecule has 0 saturated heterocycles. The Morgan fingerprint density at radius 1 is 0.952 bits per heavy atom. The van der Waals surface area contributed by atoms with E-state index in [-0.39, 0.29) is 6.61 Å². The lowest BCUT2D eigenvalue weighted by Gasteiger charge is -1.98. The van der Waals surface area contributed by atoms with Crippen molar-refractivity contribution in [2.45, 2.75) is 6.61 Å². The first-order chi connectivity index (χ1) is 10.4. The number of aliphatic hydroxyl groups excluding tert-OH is 1. The molecule has 0 fully saturated rings. The third kappa shape index (κ3) is 9.67. The summed E-state index contributed by atoms with van der Waals surface area (Å²) in [7, 11) is 0. The highest BCUT2D eigenvalue weighted by Crippen LogP contribution is 1.99. The van der Waals surface area contributed by atoms with Gasteiger partial charge in [0.25, 0.3) is 0 Å². The van der Waals surface area contributed by atoms with Crippen molar-refractivity contribution in [1.82, 2.24) is 0 Å². The van der Waals surface area contributed by atoms with E-state index in [1.165, 1.54) is 12.2 Å². The zero-order valence-corrected chi connectivity index (χ0v) is 11.5. The first-order valence-electron chi connectivity index (χ1n) is 6.29. The van der Waals surface area contributed by atoms with Crippen LogP contribution in [0.1, 0.15) is 5.56 Å². The summed E-state index contributed by atoms with van der Waals surface area (Å²) < 4.78 is 5.37. The number of rotatable bonds is 4. The van der Waals surface area contributed by atoms with Crippen LogP contribution in [0.2, 0.25) is 0 Å². The molecule has 1 rings (SSSR count). The zero-order valence-electron chi connectivity index (χ0n) is 11.5. The normalized spacial score (nSPS) is 8.24. The SMILES string of the molecule is OC/C=C/C#CC#CC#CC#CCOCc1ccccc1. The molecule has 0 aliphatic heterocycles. The second kappa shape index (κ2) is 12.2. The third-order valence-corrected chi connectivity index (χ3v) is 2.07. The van der Waals surface area contributed by atoms with Crippen LogP contribution in [0, 0.1) is 47.4 Å². The minimum atomic E-state index is -0.0240. The van der Waals surface area contributed by atoms with Crippen LogP contribution in [0.15, 0.2) is 42.5 Å². The van der Waals surface area contributed by atoms with Crippen LogP contribution in [0.5, 0.6) is 0 Å². The molecule has 2 nitrogen and oxygen atoms in total. The highest BCUT2D eigenvalue weighted by molar-refractivity contribution is 5.41. The molecular weight excluding hydrogens is 260 g/mol. The molecule has 0 aliphatic rings. The number of aliphatic hydroxyl groups is 1. The quantitative estimate of drug-likeness (QED) is 0.670. The highest BCUT2D eigenvalue weighted by Gasteiger charge is 1.88. The fraction of sp³-hybridized carbons (Fsp3) is 0.158. The van der Waals surface area contributed by atoms with Crippen molar-refractivity contribution in [3.63, 3.8) is 0 Å². The molecule has 0 unspecified atom stereocenters. The van der Waals surface area contributed by atoms with Gasteiger partial charge in [-0.15, -0.1) is 0 Å². The fourth-order valence-electron chi connectivity index (χ4n) is 1.19. The number of allylic oxidation sites excluding steroid dienone is 1. The second-order valence-electron chi connectivity index (χ2n) is 3.63. The molecule has 1 aromatic carbocycles. The van der Waals surface area contributed by atoms with Crippen molar-refractivity contribution in [2.24, 2.45) is 0 Å². The van der Waals surface area contributed by atoms with E-state index < -0.39 is 0 Å². The first kappa shape index (κ1) is 16.2. The van der Waals surface area contributed by atoms with Gasteiger partial charge in [-0.3, -0.25) is 0 Å². The summed E-state index contributed by atoms with van der Waals surface area (Å²) in [5, 5.41) is 8.45. The largest absolute Gasteiger partial charge is 0.392 e. The summed E-state index contributed by atoms with van der Waals surface area (Å²) in [4.78, 5) is 0. The molecule has 0 heterocycles. The zero-order chi connectivity index (χ0) is 15.0. The smallest absolute Gasteiger partial charge is 0.109 e. The van der Waals surface area contributed by atoms with Crippen LogP contribution in [0.3, 0.4) is 0 Å². The number of ether oxygens (including phenoxy) is 1. The van der Waals surface area contributed by atoms with E-state index in [2.05, 4.69) is 47.4 Å². The minimum absolute atomic E-state index is 0.0240. The Balaban J connectivity index is 2.21. The van der Waals surface area contributed by atoms with Gasteiger partial charge in [-0.2, -0.15) is 0 Å². The predicted molar refractivity (Wildman–Crippen MR) is 83.4 cm³/mol. The average molecular weight is 274 g/mol. The maximum atomic E-state index is 8.45. The molecule has 1 aromatic rings. The van der Waals surface area contributed by atoms with Crippen molar-refractivity contribution < 1.29 is 9.84 Å². The van der Waals surface area contributed by atoms with Crippen LogP contribution >= 0.6 is 0 Å². The standard InChI is InChI=1S/C19H14O2/c20-16-12-7-5-3-1-2-4-6-8-13-17-21-18-19-14-10-9-11-15-19/h7,9-12,14-15,20H,16-18H2/b12-7+. The average Bonchev–Trinajstić information content (AvgIpc) is 2.53. The van der Waals surface area contributed by atoms with E-state index in [1.54, 1.807) is 0 Å². The molecule has 0 radical (unpaired) electrons. The maximum absolute atomic E-state index is 8.45. The highest BCUT2D eigenvalue weighted by atomic mass is 16.5. The van der Waals surface area contributed by atoms with Gasteiger partial charge in [0.1, 0.15) is 6.61 Å². The van der Waals surface area contributed by atoms with Crippen LogP contribution in [-0.2, 0) is 11.3 Å². The molecule has 0 spiro atoms. The monoisotopic (exact) mass is 274 g/mol. The molecule has 0 saturated carbocycles. The Labute approximate surface area is 125 Å². The molecule has 0 aliphatic carbocycles. The Kier molecular flexibility index (Phi) is 9.37. The van der Waals surface area contributed by atoms with Gasteiger partial charge < -0.3 is 9.84 Å². The van der Waals surface area contributed by atoms with E-state index in [4.69, 9.17) is 9.84 Å². The van der Waals surface area contributed by atoms with E-state index in [0.29, 0.717) is 13.2 Å². The van der Waals surface area contributed by atoms with Crippen LogP contribution in [0.25, 0.3) is 0 Å². The van der Waals surface area contributed by atoms with Crippen molar-refractivity contribution in [2.75, 3.05) is 13.2 Å². The predicted octanol–water partition coefficient (Wildman–Crippen LogP) is 1.77. The van der Waals surface area contributed by atoms with Gasteiger partial charge in [0.05, 0.1) is 13.2 Å². The van der Waals surface area contributed by atoms with Gasteiger partial charge >= 0.3 is 0 Å². The van der Waals surface area contributed by atoms with Crippen LogP contribution in [0.4, 0.5) is 0 Å².